The summed E-state index contributed by atoms with van der Waals surface area (Å²) >= 11 is 0. The first-order chi connectivity index (χ1) is 14.8. The van der Waals surface area contributed by atoms with Crippen LogP contribution in [0.4, 0.5) is 5.69 Å². The Balaban J connectivity index is 1.26. The van der Waals surface area contributed by atoms with Crippen molar-refractivity contribution in [1.82, 2.24) is 24.8 Å². The van der Waals surface area contributed by atoms with Crippen molar-refractivity contribution in [3.05, 3.63) is 42.5 Å². The van der Waals surface area contributed by atoms with E-state index in [4.69, 9.17) is 9.47 Å². The Kier molecular flexibility index (Phi) is 5.31. The number of methoxy groups -OCH3 is 1. The number of piperazine rings is 1. The van der Waals surface area contributed by atoms with Crippen LogP contribution >= 0.6 is 0 Å². The van der Waals surface area contributed by atoms with Crippen molar-refractivity contribution in [3.8, 4) is 11.9 Å². The second-order valence-corrected chi connectivity index (χ2v) is 7.85. The largest absolute Gasteiger partial charge is 0.474 e. The molecule has 0 N–H and O–H groups in total. The minimum Gasteiger partial charge on any atom is -0.474 e. The average molecular weight is 406 g/mol. The monoisotopic (exact) mass is 406 g/mol. The van der Waals surface area contributed by atoms with E-state index in [1.54, 1.807) is 19.6 Å². The van der Waals surface area contributed by atoms with E-state index >= 15 is 0 Å². The predicted molar refractivity (Wildman–Crippen MR) is 114 cm³/mol. The molecule has 3 heterocycles. The number of anilines is 1. The summed E-state index contributed by atoms with van der Waals surface area (Å²) < 4.78 is 11.2. The van der Waals surface area contributed by atoms with E-state index in [1.807, 2.05) is 6.07 Å². The van der Waals surface area contributed by atoms with E-state index in [1.165, 1.54) is 12.1 Å². The zero-order valence-corrected chi connectivity index (χ0v) is 17.2. The highest BCUT2D eigenvalue weighted by molar-refractivity contribution is 5.86. The van der Waals surface area contributed by atoms with Gasteiger partial charge in [-0.15, -0.1) is 0 Å². The SMILES string of the molecule is COc1nccc(CN2CCN(c3ccc4ncnc(OC5CCC5)c4c3)CC2)n1. The number of ether oxygens (including phenoxy) is 2. The molecule has 0 spiro atoms. The minimum atomic E-state index is 0.302. The lowest BCUT2D eigenvalue weighted by Gasteiger charge is -2.36. The van der Waals surface area contributed by atoms with Crippen LogP contribution in [0.5, 0.6) is 11.9 Å². The molecule has 8 nitrogen and oxygen atoms in total. The molecule has 0 atom stereocenters. The van der Waals surface area contributed by atoms with Gasteiger partial charge in [-0.1, -0.05) is 0 Å². The van der Waals surface area contributed by atoms with Crippen LogP contribution in [0.3, 0.4) is 0 Å². The summed E-state index contributed by atoms with van der Waals surface area (Å²) in [5, 5.41) is 0.998. The van der Waals surface area contributed by atoms with Gasteiger partial charge in [0, 0.05) is 44.6 Å². The number of aromatic nitrogens is 4. The van der Waals surface area contributed by atoms with E-state index in [9.17, 15) is 0 Å². The Morgan fingerprint density at radius 1 is 1.03 bits per heavy atom. The second kappa shape index (κ2) is 8.39. The van der Waals surface area contributed by atoms with E-state index in [0.29, 0.717) is 18.0 Å². The standard InChI is InChI=1S/C22H26N6O2/c1-29-22-23-8-7-16(26-22)14-27-9-11-28(12-10-27)17-5-6-20-19(13-17)21(25-15-24-20)30-18-3-2-4-18/h5-8,13,15,18H,2-4,9-12,14H2,1H3. The molecule has 0 radical (unpaired) electrons. The van der Waals surface area contributed by atoms with Gasteiger partial charge in [0.05, 0.1) is 23.7 Å². The van der Waals surface area contributed by atoms with Gasteiger partial charge in [-0.05, 0) is 43.5 Å². The maximum atomic E-state index is 6.11. The van der Waals surface area contributed by atoms with Crippen LogP contribution in [0.25, 0.3) is 10.9 Å². The van der Waals surface area contributed by atoms with Gasteiger partial charge in [0.2, 0.25) is 5.88 Å². The first-order valence-electron chi connectivity index (χ1n) is 10.5. The molecule has 1 aliphatic carbocycles. The van der Waals surface area contributed by atoms with Crippen molar-refractivity contribution >= 4 is 16.6 Å². The van der Waals surface area contributed by atoms with Crippen LogP contribution in [-0.4, -0.2) is 64.2 Å². The lowest BCUT2D eigenvalue weighted by atomic mass is 9.96. The third-order valence-electron chi connectivity index (χ3n) is 5.91. The first-order valence-corrected chi connectivity index (χ1v) is 10.5. The van der Waals surface area contributed by atoms with Crippen LogP contribution in [-0.2, 0) is 6.54 Å². The summed E-state index contributed by atoms with van der Waals surface area (Å²) in [4.78, 5) is 22.1. The molecule has 8 heteroatoms. The molecule has 0 amide bonds. The Hall–Kier alpha value is -3.00. The van der Waals surface area contributed by atoms with E-state index in [2.05, 4.69) is 47.9 Å². The number of hydrogen-bond donors (Lipinski definition) is 0. The zero-order chi connectivity index (χ0) is 20.3. The molecule has 1 aliphatic heterocycles. The van der Waals surface area contributed by atoms with Crippen LogP contribution in [0, 0.1) is 0 Å². The molecule has 1 saturated heterocycles. The van der Waals surface area contributed by atoms with Gasteiger partial charge in [-0.25, -0.2) is 15.0 Å². The Labute approximate surface area is 175 Å². The number of rotatable bonds is 6. The van der Waals surface area contributed by atoms with Gasteiger partial charge in [-0.2, -0.15) is 4.98 Å². The quantitative estimate of drug-likeness (QED) is 0.618. The highest BCUT2D eigenvalue weighted by Gasteiger charge is 2.22. The summed E-state index contributed by atoms with van der Waals surface area (Å²) in [6.07, 6.45) is 7.12. The Bertz CT molecular complexity index is 1020. The summed E-state index contributed by atoms with van der Waals surface area (Å²) in [7, 11) is 1.59. The Morgan fingerprint density at radius 2 is 1.90 bits per heavy atom. The molecule has 0 unspecified atom stereocenters. The maximum absolute atomic E-state index is 6.11. The van der Waals surface area contributed by atoms with Gasteiger partial charge < -0.3 is 14.4 Å². The third kappa shape index (κ3) is 4.00. The zero-order valence-electron chi connectivity index (χ0n) is 17.2. The Morgan fingerprint density at radius 3 is 2.67 bits per heavy atom. The molecule has 1 saturated carbocycles. The topological polar surface area (TPSA) is 76.5 Å². The van der Waals surface area contributed by atoms with Crippen molar-refractivity contribution in [2.45, 2.75) is 31.9 Å². The summed E-state index contributed by atoms with van der Waals surface area (Å²) in [6.45, 7) is 4.67. The highest BCUT2D eigenvalue weighted by Crippen LogP contribution is 2.31. The first kappa shape index (κ1) is 19.0. The van der Waals surface area contributed by atoms with E-state index in [-0.39, 0.29) is 0 Å². The molecule has 2 aliphatic rings. The lowest BCUT2D eigenvalue weighted by Crippen LogP contribution is -2.46. The molecular formula is C22H26N6O2. The molecule has 5 rings (SSSR count). The molecule has 156 valence electrons. The van der Waals surface area contributed by atoms with Crippen molar-refractivity contribution in [2.24, 2.45) is 0 Å². The molecule has 3 aromatic rings. The number of benzene rings is 1. The molecular weight excluding hydrogens is 380 g/mol. The molecule has 2 aromatic heterocycles. The fourth-order valence-corrected chi connectivity index (χ4v) is 3.91. The van der Waals surface area contributed by atoms with E-state index < -0.39 is 0 Å². The van der Waals surface area contributed by atoms with E-state index in [0.717, 1.165) is 62.2 Å². The fraction of sp³-hybridized carbons (Fsp3) is 0.455. The summed E-state index contributed by atoms with van der Waals surface area (Å²) in [6, 6.07) is 8.76. The summed E-state index contributed by atoms with van der Waals surface area (Å²) in [5.74, 6) is 0.711. The van der Waals surface area contributed by atoms with Crippen LogP contribution in [0.2, 0.25) is 0 Å². The van der Waals surface area contributed by atoms with Crippen molar-refractivity contribution in [2.75, 3.05) is 38.2 Å². The van der Waals surface area contributed by atoms with Crippen molar-refractivity contribution in [1.29, 1.82) is 0 Å². The highest BCUT2D eigenvalue weighted by atomic mass is 16.5. The number of fused-ring (bicyclic) bond motifs is 1. The number of nitrogens with zero attached hydrogens (tertiary/aromatic N) is 6. The smallest absolute Gasteiger partial charge is 0.316 e. The van der Waals surface area contributed by atoms with Gasteiger partial charge in [0.15, 0.2) is 0 Å². The molecule has 2 fully saturated rings. The number of hydrogen-bond acceptors (Lipinski definition) is 8. The second-order valence-electron chi connectivity index (χ2n) is 7.85. The van der Waals surface area contributed by atoms with Crippen LogP contribution < -0.4 is 14.4 Å². The van der Waals surface area contributed by atoms with Crippen LogP contribution in [0.1, 0.15) is 25.0 Å². The average Bonchev–Trinajstić information content (AvgIpc) is 2.76. The maximum Gasteiger partial charge on any atom is 0.316 e. The fourth-order valence-electron chi connectivity index (χ4n) is 3.91. The van der Waals surface area contributed by atoms with Gasteiger partial charge >= 0.3 is 6.01 Å². The predicted octanol–water partition coefficient (Wildman–Crippen LogP) is 2.68. The van der Waals surface area contributed by atoms with Gasteiger partial charge in [-0.3, -0.25) is 4.90 Å². The normalized spacial score (nSPS) is 17.7. The van der Waals surface area contributed by atoms with Crippen molar-refractivity contribution < 1.29 is 9.47 Å². The summed E-state index contributed by atoms with van der Waals surface area (Å²) in [5.41, 5.74) is 3.11. The van der Waals surface area contributed by atoms with Gasteiger partial charge in [0.25, 0.3) is 0 Å². The molecule has 1 aromatic carbocycles. The van der Waals surface area contributed by atoms with Gasteiger partial charge in [0.1, 0.15) is 12.4 Å². The lowest BCUT2D eigenvalue weighted by molar-refractivity contribution is 0.116. The van der Waals surface area contributed by atoms with Crippen LogP contribution in [0.15, 0.2) is 36.8 Å². The molecule has 0 bridgehead atoms. The van der Waals surface area contributed by atoms with Crippen molar-refractivity contribution in [3.63, 3.8) is 0 Å². The molecule has 30 heavy (non-hydrogen) atoms. The third-order valence-corrected chi connectivity index (χ3v) is 5.91. The minimum absolute atomic E-state index is 0.302.